The van der Waals surface area contributed by atoms with E-state index in [-0.39, 0.29) is 0 Å². The summed E-state index contributed by atoms with van der Waals surface area (Å²) in [5.74, 6) is 0. The highest BCUT2D eigenvalue weighted by molar-refractivity contribution is 4.92. The van der Waals surface area contributed by atoms with Gasteiger partial charge in [0.1, 0.15) is 0 Å². The molecule has 0 bridgehead atoms. The van der Waals surface area contributed by atoms with Crippen LogP contribution in [0.2, 0.25) is 0 Å². The van der Waals surface area contributed by atoms with Gasteiger partial charge in [0.2, 0.25) is 0 Å². The van der Waals surface area contributed by atoms with Crippen LogP contribution < -0.4 is 0 Å². The molecule has 1 spiro atoms. The molecule has 0 radical (unpaired) electrons. The van der Waals surface area contributed by atoms with Gasteiger partial charge in [-0.3, -0.25) is 0 Å². The molecule has 2 aliphatic rings. The van der Waals surface area contributed by atoms with Crippen LogP contribution in [0.25, 0.3) is 0 Å². The van der Waals surface area contributed by atoms with E-state index in [2.05, 4.69) is 18.7 Å². The fourth-order valence-corrected chi connectivity index (χ4v) is 2.61. The number of nitrogens with zero attached hydrogens (tertiary/aromatic N) is 1. The van der Waals surface area contributed by atoms with E-state index in [1.54, 1.807) is 0 Å². The molecule has 0 aromatic heterocycles. The Kier molecular flexibility index (Phi) is 3.65. The van der Waals surface area contributed by atoms with Crippen LogP contribution in [0.1, 0.15) is 26.7 Å². The Balaban J connectivity index is 1.68. The van der Waals surface area contributed by atoms with E-state index in [1.807, 2.05) is 0 Å². The van der Waals surface area contributed by atoms with Gasteiger partial charge in [-0.15, -0.1) is 0 Å². The van der Waals surface area contributed by atoms with Crippen molar-refractivity contribution in [3.05, 3.63) is 0 Å². The van der Waals surface area contributed by atoms with Gasteiger partial charge >= 0.3 is 0 Å². The molecular formula is C12H23NO2. The van der Waals surface area contributed by atoms with Gasteiger partial charge in [-0.1, -0.05) is 0 Å². The number of likely N-dealkylation sites (tertiary alicyclic amines) is 1. The number of rotatable bonds is 4. The lowest BCUT2D eigenvalue weighted by atomic mass is 9.87. The average Bonchev–Trinajstić information content (AvgIpc) is 2.78. The standard InChI is InChI=1S/C12H23NO2/c1-11(2)15-8-6-13-5-3-12(9-13)4-7-14-10-12/h11H,3-10H2,1-2H3. The van der Waals surface area contributed by atoms with Crippen LogP contribution in [0, 0.1) is 5.41 Å². The minimum absolute atomic E-state index is 0.358. The Morgan fingerprint density at radius 2 is 2.27 bits per heavy atom. The molecule has 88 valence electrons. The first-order chi connectivity index (χ1) is 7.20. The van der Waals surface area contributed by atoms with Crippen LogP contribution in [0.15, 0.2) is 0 Å². The second-order valence-corrected chi connectivity index (χ2v) is 5.25. The first-order valence-electron chi connectivity index (χ1n) is 6.12. The van der Waals surface area contributed by atoms with E-state index in [0.29, 0.717) is 11.5 Å². The van der Waals surface area contributed by atoms with Crippen molar-refractivity contribution in [3.63, 3.8) is 0 Å². The van der Waals surface area contributed by atoms with Crippen molar-refractivity contribution in [3.8, 4) is 0 Å². The zero-order chi connectivity index (χ0) is 10.7. The quantitative estimate of drug-likeness (QED) is 0.707. The van der Waals surface area contributed by atoms with Crippen molar-refractivity contribution in [2.24, 2.45) is 5.41 Å². The summed E-state index contributed by atoms with van der Waals surface area (Å²) in [6, 6.07) is 0. The van der Waals surface area contributed by atoms with Crippen molar-refractivity contribution in [2.75, 3.05) is 39.5 Å². The van der Waals surface area contributed by atoms with Gasteiger partial charge in [-0.05, 0) is 33.2 Å². The molecule has 15 heavy (non-hydrogen) atoms. The van der Waals surface area contributed by atoms with Crippen LogP contribution >= 0.6 is 0 Å². The predicted molar refractivity (Wildman–Crippen MR) is 60.0 cm³/mol. The third-order valence-corrected chi connectivity index (χ3v) is 3.56. The summed E-state index contributed by atoms with van der Waals surface area (Å²) in [5.41, 5.74) is 0.498. The zero-order valence-corrected chi connectivity index (χ0v) is 10.00. The summed E-state index contributed by atoms with van der Waals surface area (Å²) in [6.07, 6.45) is 2.93. The Morgan fingerprint density at radius 3 is 2.93 bits per heavy atom. The highest BCUT2D eigenvalue weighted by Crippen LogP contribution is 2.37. The first-order valence-corrected chi connectivity index (χ1v) is 6.12. The Labute approximate surface area is 92.7 Å². The molecule has 0 amide bonds. The first kappa shape index (κ1) is 11.4. The van der Waals surface area contributed by atoms with E-state index in [9.17, 15) is 0 Å². The zero-order valence-electron chi connectivity index (χ0n) is 10.00. The highest BCUT2D eigenvalue weighted by atomic mass is 16.5. The van der Waals surface area contributed by atoms with E-state index in [1.165, 1.54) is 25.9 Å². The number of hydrogen-bond donors (Lipinski definition) is 0. The lowest BCUT2D eigenvalue weighted by molar-refractivity contribution is 0.0606. The minimum Gasteiger partial charge on any atom is -0.381 e. The van der Waals surface area contributed by atoms with Gasteiger partial charge in [-0.2, -0.15) is 0 Å². The van der Waals surface area contributed by atoms with Crippen LogP contribution in [-0.4, -0.2) is 50.5 Å². The van der Waals surface area contributed by atoms with Gasteiger partial charge in [0.15, 0.2) is 0 Å². The Hall–Kier alpha value is -0.120. The molecule has 2 aliphatic heterocycles. The molecule has 0 saturated carbocycles. The topological polar surface area (TPSA) is 21.7 Å². The molecule has 3 heteroatoms. The Bertz CT molecular complexity index is 200. The molecule has 0 aromatic rings. The maximum absolute atomic E-state index is 5.58. The molecule has 0 aromatic carbocycles. The Morgan fingerprint density at radius 1 is 1.40 bits per heavy atom. The van der Waals surface area contributed by atoms with E-state index in [0.717, 1.165) is 26.4 Å². The summed E-state index contributed by atoms with van der Waals surface area (Å²) in [5, 5.41) is 0. The fraction of sp³-hybridized carbons (Fsp3) is 1.00. The van der Waals surface area contributed by atoms with Gasteiger partial charge in [0.25, 0.3) is 0 Å². The SMILES string of the molecule is CC(C)OCCN1CCC2(CCOC2)C1. The van der Waals surface area contributed by atoms with Crippen molar-refractivity contribution in [2.45, 2.75) is 32.8 Å². The average molecular weight is 213 g/mol. The molecule has 2 heterocycles. The number of hydrogen-bond acceptors (Lipinski definition) is 3. The van der Waals surface area contributed by atoms with Crippen LogP contribution in [-0.2, 0) is 9.47 Å². The molecule has 3 nitrogen and oxygen atoms in total. The molecule has 2 saturated heterocycles. The third-order valence-electron chi connectivity index (χ3n) is 3.56. The summed E-state index contributed by atoms with van der Waals surface area (Å²) in [7, 11) is 0. The largest absolute Gasteiger partial charge is 0.381 e. The monoisotopic (exact) mass is 213 g/mol. The lowest BCUT2D eigenvalue weighted by Crippen LogP contribution is -2.30. The molecule has 0 N–H and O–H groups in total. The van der Waals surface area contributed by atoms with E-state index < -0.39 is 0 Å². The summed E-state index contributed by atoms with van der Waals surface area (Å²) >= 11 is 0. The lowest BCUT2D eigenvalue weighted by Gasteiger charge is -2.22. The van der Waals surface area contributed by atoms with Crippen molar-refractivity contribution in [1.29, 1.82) is 0 Å². The van der Waals surface area contributed by atoms with Gasteiger partial charge in [0, 0.05) is 25.1 Å². The highest BCUT2D eigenvalue weighted by Gasteiger charge is 2.40. The van der Waals surface area contributed by atoms with E-state index >= 15 is 0 Å². The molecular weight excluding hydrogens is 190 g/mol. The summed E-state index contributed by atoms with van der Waals surface area (Å²) < 4.78 is 11.1. The van der Waals surface area contributed by atoms with E-state index in [4.69, 9.17) is 9.47 Å². The van der Waals surface area contributed by atoms with Crippen molar-refractivity contribution >= 4 is 0 Å². The molecule has 2 fully saturated rings. The maximum Gasteiger partial charge on any atom is 0.0596 e. The van der Waals surface area contributed by atoms with Crippen molar-refractivity contribution < 1.29 is 9.47 Å². The normalized spacial score (nSPS) is 32.2. The molecule has 0 aliphatic carbocycles. The number of ether oxygens (including phenoxy) is 2. The second kappa shape index (κ2) is 4.81. The van der Waals surface area contributed by atoms with Crippen LogP contribution in [0.5, 0.6) is 0 Å². The van der Waals surface area contributed by atoms with Gasteiger partial charge < -0.3 is 14.4 Å². The van der Waals surface area contributed by atoms with Gasteiger partial charge in [0.05, 0.1) is 19.3 Å². The third kappa shape index (κ3) is 2.92. The fourth-order valence-electron chi connectivity index (χ4n) is 2.61. The predicted octanol–water partition coefficient (Wildman–Crippen LogP) is 1.52. The maximum atomic E-state index is 5.58. The smallest absolute Gasteiger partial charge is 0.0596 e. The summed E-state index contributed by atoms with van der Waals surface area (Å²) in [6.45, 7) is 10.5. The van der Waals surface area contributed by atoms with Gasteiger partial charge in [-0.25, -0.2) is 0 Å². The molecule has 1 unspecified atom stereocenters. The second-order valence-electron chi connectivity index (χ2n) is 5.25. The van der Waals surface area contributed by atoms with Crippen LogP contribution in [0.4, 0.5) is 0 Å². The van der Waals surface area contributed by atoms with Crippen LogP contribution in [0.3, 0.4) is 0 Å². The minimum atomic E-state index is 0.358. The molecule has 1 atom stereocenters. The molecule has 2 rings (SSSR count). The summed E-state index contributed by atoms with van der Waals surface area (Å²) in [4.78, 5) is 2.52. The van der Waals surface area contributed by atoms with Crippen molar-refractivity contribution in [1.82, 2.24) is 4.90 Å².